The molecule has 12 nitrogen and oxygen atoms in total. The third-order valence-corrected chi connectivity index (χ3v) is 7.37. The van der Waals surface area contributed by atoms with Gasteiger partial charge in [0.1, 0.15) is 28.9 Å². The van der Waals surface area contributed by atoms with Crippen LogP contribution in [0.2, 0.25) is 0 Å². The number of esters is 1. The van der Waals surface area contributed by atoms with E-state index in [9.17, 15) is 44.4 Å². The molecule has 5 rings (SSSR count). The van der Waals surface area contributed by atoms with E-state index in [1.807, 2.05) is 0 Å². The number of amides is 1. The number of ketones is 3. The van der Waals surface area contributed by atoms with Gasteiger partial charge < -0.3 is 36.6 Å². The summed E-state index contributed by atoms with van der Waals surface area (Å²) >= 11 is 0. The molecule has 8 N–H and O–H groups in total. The Balaban J connectivity index is 1.69. The molecule has 4 atom stereocenters. The molecular weight excluding hydrogens is 512 g/mol. The number of carbonyl (C=O) groups excluding carboxylic acids is 5. The minimum absolute atomic E-state index is 0.196. The van der Waals surface area contributed by atoms with Crippen molar-refractivity contribution in [1.82, 2.24) is 0 Å². The number of aromatic hydroxyl groups is 1. The van der Waals surface area contributed by atoms with Crippen LogP contribution in [-0.2, 0) is 30.3 Å². The Hall–Kier alpha value is -4.97. The smallest absolute Gasteiger partial charge is 0.310 e. The van der Waals surface area contributed by atoms with E-state index in [2.05, 4.69) is 0 Å². The Bertz CT molecular complexity index is 1550. The van der Waals surface area contributed by atoms with Crippen LogP contribution in [0.15, 0.2) is 59.4 Å². The predicted molar refractivity (Wildman–Crippen MR) is 132 cm³/mol. The average molecular weight is 534 g/mol. The van der Waals surface area contributed by atoms with Gasteiger partial charge in [0, 0.05) is 23.6 Å². The molecule has 0 bridgehead atoms. The number of Topliss-reactive ketones (excluding diaryl/α,β-unsaturated/α-hetero) is 3. The first-order chi connectivity index (χ1) is 18.4. The summed E-state index contributed by atoms with van der Waals surface area (Å²) in [5.41, 5.74) is 6.33. The van der Waals surface area contributed by atoms with Crippen molar-refractivity contribution < 1.29 is 49.1 Å². The highest BCUT2D eigenvalue weighted by atomic mass is 16.5. The lowest BCUT2D eigenvalue weighted by Crippen LogP contribution is -2.65. The van der Waals surface area contributed by atoms with Crippen molar-refractivity contribution in [2.75, 3.05) is 5.73 Å². The summed E-state index contributed by atoms with van der Waals surface area (Å²) in [6.45, 7) is 0. The molecule has 0 radical (unpaired) electrons. The largest absolute Gasteiger partial charge is 0.508 e. The molecule has 2 aromatic carbocycles. The van der Waals surface area contributed by atoms with Gasteiger partial charge in [0.05, 0.1) is 23.5 Å². The SMILES string of the molecule is NC(=O)C1=C(O)[C@@]2(O)C(=O)C3=C(O)c4c(O)cccc4C(=O)[C@H]3[C@H](OC(=O)Cc3ccc(N)cc3)[C@H]2CC1=O. The molecule has 200 valence electrons. The molecule has 0 saturated heterocycles. The van der Waals surface area contributed by atoms with E-state index >= 15 is 0 Å². The molecule has 1 amide bonds. The molecule has 39 heavy (non-hydrogen) atoms. The molecule has 0 heterocycles. The van der Waals surface area contributed by atoms with Crippen LogP contribution in [0.4, 0.5) is 5.69 Å². The molecular formula is C27H22N2O10. The topological polar surface area (TPSA) is 228 Å². The van der Waals surface area contributed by atoms with Crippen LogP contribution in [0.3, 0.4) is 0 Å². The van der Waals surface area contributed by atoms with Gasteiger partial charge in [0.2, 0.25) is 5.78 Å². The van der Waals surface area contributed by atoms with E-state index in [1.165, 1.54) is 12.1 Å². The number of phenolic OH excluding ortho intramolecular Hbond substituents is 1. The lowest BCUT2D eigenvalue weighted by atomic mass is 9.57. The third-order valence-electron chi connectivity index (χ3n) is 7.37. The Labute approximate surface area is 219 Å². The fourth-order valence-corrected chi connectivity index (χ4v) is 5.55. The van der Waals surface area contributed by atoms with Gasteiger partial charge in [-0.3, -0.25) is 24.0 Å². The van der Waals surface area contributed by atoms with Crippen LogP contribution in [0.1, 0.15) is 27.9 Å². The minimum atomic E-state index is -3.06. The number of nitrogen functional groups attached to an aromatic ring is 1. The van der Waals surface area contributed by atoms with Crippen LogP contribution in [0.5, 0.6) is 5.75 Å². The first-order valence-corrected chi connectivity index (χ1v) is 11.7. The zero-order valence-corrected chi connectivity index (χ0v) is 20.1. The molecule has 3 aliphatic carbocycles. The molecule has 2 aromatic rings. The van der Waals surface area contributed by atoms with Crippen molar-refractivity contribution in [3.8, 4) is 5.75 Å². The van der Waals surface area contributed by atoms with Gasteiger partial charge in [-0.05, 0) is 23.8 Å². The number of aliphatic hydroxyl groups is 3. The number of aliphatic hydroxyl groups excluding tert-OH is 2. The second-order valence-corrected chi connectivity index (χ2v) is 9.59. The van der Waals surface area contributed by atoms with Gasteiger partial charge in [-0.2, -0.15) is 0 Å². The maximum atomic E-state index is 13.7. The second-order valence-electron chi connectivity index (χ2n) is 9.59. The third kappa shape index (κ3) is 3.67. The van der Waals surface area contributed by atoms with Gasteiger partial charge in [0.25, 0.3) is 5.91 Å². The van der Waals surface area contributed by atoms with Crippen LogP contribution >= 0.6 is 0 Å². The number of hydrogen-bond acceptors (Lipinski definition) is 11. The van der Waals surface area contributed by atoms with E-state index in [0.717, 1.165) is 6.07 Å². The lowest BCUT2D eigenvalue weighted by molar-refractivity contribution is -0.175. The second kappa shape index (κ2) is 8.81. The van der Waals surface area contributed by atoms with Gasteiger partial charge >= 0.3 is 5.97 Å². The maximum Gasteiger partial charge on any atom is 0.310 e. The van der Waals surface area contributed by atoms with E-state index in [1.54, 1.807) is 24.3 Å². The Morgan fingerprint density at radius 3 is 2.33 bits per heavy atom. The normalized spacial score (nSPS) is 26.1. The van der Waals surface area contributed by atoms with Crippen molar-refractivity contribution in [3.63, 3.8) is 0 Å². The quantitative estimate of drug-likeness (QED) is 0.179. The number of nitrogens with two attached hydrogens (primary N) is 2. The highest BCUT2D eigenvalue weighted by Crippen LogP contribution is 2.52. The minimum Gasteiger partial charge on any atom is -0.508 e. The maximum absolute atomic E-state index is 13.7. The van der Waals surface area contributed by atoms with Gasteiger partial charge in [-0.1, -0.05) is 24.3 Å². The van der Waals surface area contributed by atoms with Gasteiger partial charge in [-0.25, -0.2) is 0 Å². The van der Waals surface area contributed by atoms with Crippen LogP contribution in [0, 0.1) is 11.8 Å². The number of hydrogen-bond donors (Lipinski definition) is 6. The number of rotatable bonds is 4. The zero-order chi connectivity index (χ0) is 28.4. The van der Waals surface area contributed by atoms with Crippen LogP contribution in [-0.4, -0.2) is 61.4 Å². The molecule has 1 fully saturated rings. The number of anilines is 1. The van der Waals surface area contributed by atoms with E-state index < -0.39 is 93.2 Å². The predicted octanol–water partition coefficient (Wildman–Crippen LogP) is 0.411. The van der Waals surface area contributed by atoms with Crippen LogP contribution < -0.4 is 11.5 Å². The molecule has 1 saturated carbocycles. The standard InChI is InChI=1S/C27H22N2O10/c28-11-6-4-10(5-7-11)8-16(32)39-23-13-9-15(31)18(26(29)37)24(35)27(13,38)25(36)20-19(23)21(33)12-2-1-3-14(30)17(12)22(20)34/h1-7,13,19,23,30,34-35,38H,8-9,28H2,(H2,29,37)/t13-,19+,23-,27-/m1/s1. The highest BCUT2D eigenvalue weighted by molar-refractivity contribution is 6.25. The fraction of sp³-hybridized carbons (Fsp3) is 0.222. The van der Waals surface area contributed by atoms with E-state index in [-0.39, 0.29) is 12.0 Å². The van der Waals surface area contributed by atoms with Crippen LogP contribution in [0.25, 0.3) is 5.76 Å². The molecule has 0 spiro atoms. The Morgan fingerprint density at radius 1 is 1.03 bits per heavy atom. The van der Waals surface area contributed by atoms with Gasteiger partial charge in [-0.15, -0.1) is 0 Å². The molecule has 12 heteroatoms. The summed E-state index contributed by atoms with van der Waals surface area (Å²) in [7, 11) is 0. The average Bonchev–Trinajstić information content (AvgIpc) is 2.87. The van der Waals surface area contributed by atoms with Crippen molar-refractivity contribution >= 4 is 40.7 Å². The Morgan fingerprint density at radius 2 is 1.69 bits per heavy atom. The number of benzene rings is 2. The highest BCUT2D eigenvalue weighted by Gasteiger charge is 2.66. The summed E-state index contributed by atoms with van der Waals surface area (Å²) in [4.78, 5) is 65.1. The number of primary amides is 1. The summed E-state index contributed by atoms with van der Waals surface area (Å²) < 4.78 is 5.62. The molecule has 3 aliphatic rings. The monoisotopic (exact) mass is 534 g/mol. The lowest BCUT2D eigenvalue weighted by Gasteiger charge is -2.49. The van der Waals surface area contributed by atoms with Crippen molar-refractivity contribution in [3.05, 3.63) is 76.1 Å². The van der Waals surface area contributed by atoms with Crippen molar-refractivity contribution in [2.24, 2.45) is 17.6 Å². The number of carbonyl (C=O) groups is 5. The molecule has 0 aliphatic heterocycles. The van der Waals surface area contributed by atoms with Crippen molar-refractivity contribution in [2.45, 2.75) is 24.5 Å². The van der Waals surface area contributed by atoms with Gasteiger partial charge in [0.15, 0.2) is 17.2 Å². The number of ether oxygens (including phenoxy) is 1. The number of phenols is 1. The summed E-state index contributed by atoms with van der Waals surface area (Å²) in [5.74, 6) is -11.9. The van der Waals surface area contributed by atoms with Crippen molar-refractivity contribution in [1.29, 1.82) is 0 Å². The molecule has 0 aromatic heterocycles. The fourth-order valence-electron chi connectivity index (χ4n) is 5.55. The zero-order valence-electron chi connectivity index (χ0n) is 20.1. The first-order valence-electron chi connectivity index (χ1n) is 11.7. The van der Waals surface area contributed by atoms with E-state index in [4.69, 9.17) is 16.2 Å². The van der Waals surface area contributed by atoms with E-state index in [0.29, 0.717) is 11.3 Å². The summed E-state index contributed by atoms with van der Waals surface area (Å²) in [5, 5.41) is 43.8. The molecule has 0 unspecified atom stereocenters. The summed E-state index contributed by atoms with van der Waals surface area (Å²) in [6, 6.07) is 9.94. The first kappa shape index (κ1) is 25.7. The summed E-state index contributed by atoms with van der Waals surface area (Å²) in [6.07, 6.45) is -2.88. The number of fused-ring (bicyclic) bond motifs is 3. The Kier molecular flexibility index (Phi) is 5.80.